The first-order valence-electron chi connectivity index (χ1n) is 6.33. The standard InChI is InChI=1S/C17H14OS/c1-12(13-7-3-2-4-8-13)17(18)15-11-19-16-10-6-5-9-14(15)16/h2-12H,1H3. The molecule has 0 spiro atoms. The average molecular weight is 266 g/mol. The van der Waals surface area contributed by atoms with E-state index in [4.69, 9.17) is 0 Å². The number of rotatable bonds is 3. The predicted molar refractivity (Wildman–Crippen MR) is 81.0 cm³/mol. The summed E-state index contributed by atoms with van der Waals surface area (Å²) in [5, 5.41) is 3.05. The molecule has 0 aliphatic heterocycles. The molecule has 1 atom stereocenters. The van der Waals surface area contributed by atoms with Crippen molar-refractivity contribution in [3.05, 3.63) is 71.1 Å². The summed E-state index contributed by atoms with van der Waals surface area (Å²) in [5.41, 5.74) is 1.92. The fraction of sp³-hybridized carbons (Fsp3) is 0.118. The maximum absolute atomic E-state index is 12.6. The van der Waals surface area contributed by atoms with Gasteiger partial charge in [-0.2, -0.15) is 0 Å². The lowest BCUT2D eigenvalue weighted by Gasteiger charge is -2.10. The Kier molecular flexibility index (Phi) is 3.18. The maximum Gasteiger partial charge on any atom is 0.171 e. The zero-order valence-electron chi connectivity index (χ0n) is 10.7. The summed E-state index contributed by atoms with van der Waals surface area (Å²) in [6.45, 7) is 1.98. The van der Waals surface area contributed by atoms with Gasteiger partial charge in [-0.25, -0.2) is 0 Å². The molecule has 0 saturated carbocycles. The Labute approximate surface area is 116 Å². The Hall–Kier alpha value is -1.93. The quantitative estimate of drug-likeness (QED) is 0.617. The van der Waals surface area contributed by atoms with Crippen LogP contribution in [0.3, 0.4) is 0 Å². The van der Waals surface area contributed by atoms with Gasteiger partial charge in [0, 0.05) is 26.9 Å². The number of Topliss-reactive ketones (excluding diaryl/α,β-unsaturated/α-hetero) is 1. The summed E-state index contributed by atoms with van der Waals surface area (Å²) in [5.74, 6) is 0.0999. The van der Waals surface area contributed by atoms with Gasteiger partial charge in [-0.05, 0) is 11.6 Å². The van der Waals surface area contributed by atoms with Crippen LogP contribution in [0.25, 0.3) is 10.1 Å². The van der Waals surface area contributed by atoms with Crippen LogP contribution in [0, 0.1) is 0 Å². The Morgan fingerprint density at radius 2 is 1.68 bits per heavy atom. The van der Waals surface area contributed by atoms with E-state index in [0.717, 1.165) is 16.5 Å². The number of benzene rings is 2. The zero-order chi connectivity index (χ0) is 13.2. The van der Waals surface area contributed by atoms with Crippen LogP contribution in [-0.2, 0) is 0 Å². The Balaban J connectivity index is 2.00. The molecule has 0 fully saturated rings. The van der Waals surface area contributed by atoms with Crippen molar-refractivity contribution >= 4 is 27.2 Å². The van der Waals surface area contributed by atoms with Gasteiger partial charge in [-0.1, -0.05) is 55.5 Å². The molecule has 1 unspecified atom stereocenters. The smallest absolute Gasteiger partial charge is 0.171 e. The van der Waals surface area contributed by atoms with Crippen LogP contribution >= 0.6 is 11.3 Å². The lowest BCUT2D eigenvalue weighted by molar-refractivity contribution is 0.0968. The van der Waals surface area contributed by atoms with Crippen molar-refractivity contribution in [1.82, 2.24) is 0 Å². The van der Waals surface area contributed by atoms with Crippen molar-refractivity contribution in [2.45, 2.75) is 12.8 Å². The second kappa shape index (κ2) is 4.98. The topological polar surface area (TPSA) is 17.1 Å². The van der Waals surface area contributed by atoms with Crippen LogP contribution in [-0.4, -0.2) is 5.78 Å². The van der Waals surface area contributed by atoms with E-state index in [0.29, 0.717) is 0 Å². The van der Waals surface area contributed by atoms with Gasteiger partial charge in [0.2, 0.25) is 0 Å². The SMILES string of the molecule is CC(C(=O)c1csc2ccccc12)c1ccccc1. The molecule has 0 aliphatic carbocycles. The van der Waals surface area contributed by atoms with E-state index in [1.54, 1.807) is 11.3 Å². The van der Waals surface area contributed by atoms with Crippen LogP contribution < -0.4 is 0 Å². The highest BCUT2D eigenvalue weighted by Crippen LogP contribution is 2.30. The van der Waals surface area contributed by atoms with Crippen molar-refractivity contribution < 1.29 is 4.79 Å². The zero-order valence-corrected chi connectivity index (χ0v) is 11.5. The largest absolute Gasteiger partial charge is 0.293 e. The number of carbonyl (C=O) groups excluding carboxylic acids is 1. The molecule has 1 heterocycles. The van der Waals surface area contributed by atoms with Crippen LogP contribution in [0.2, 0.25) is 0 Å². The van der Waals surface area contributed by atoms with Gasteiger partial charge in [0.1, 0.15) is 0 Å². The van der Waals surface area contributed by atoms with Gasteiger partial charge < -0.3 is 0 Å². The molecule has 1 nitrogen and oxygen atoms in total. The number of thiophene rings is 1. The molecule has 2 heteroatoms. The van der Waals surface area contributed by atoms with Crippen LogP contribution in [0.1, 0.15) is 28.8 Å². The molecule has 19 heavy (non-hydrogen) atoms. The predicted octanol–water partition coefficient (Wildman–Crippen LogP) is 4.89. The van der Waals surface area contributed by atoms with Gasteiger partial charge in [0.15, 0.2) is 5.78 Å². The first-order valence-corrected chi connectivity index (χ1v) is 7.21. The van der Waals surface area contributed by atoms with Crippen molar-refractivity contribution in [1.29, 1.82) is 0 Å². The van der Waals surface area contributed by atoms with Crippen molar-refractivity contribution in [2.24, 2.45) is 0 Å². The summed E-state index contributed by atoms with van der Waals surface area (Å²) >= 11 is 1.63. The second-order valence-corrected chi connectivity index (χ2v) is 5.55. The fourth-order valence-corrected chi connectivity index (χ4v) is 3.24. The minimum absolute atomic E-state index is 0.0980. The van der Waals surface area contributed by atoms with E-state index >= 15 is 0 Å². The van der Waals surface area contributed by atoms with Gasteiger partial charge in [-0.15, -0.1) is 11.3 Å². The molecule has 0 aliphatic rings. The van der Waals surface area contributed by atoms with E-state index in [1.165, 1.54) is 4.70 Å². The minimum atomic E-state index is -0.0980. The average Bonchev–Trinajstić information content (AvgIpc) is 2.90. The van der Waals surface area contributed by atoms with Gasteiger partial charge >= 0.3 is 0 Å². The molecule has 2 aromatic carbocycles. The highest BCUT2D eigenvalue weighted by molar-refractivity contribution is 7.17. The highest BCUT2D eigenvalue weighted by Gasteiger charge is 2.19. The number of hydrogen-bond acceptors (Lipinski definition) is 2. The molecule has 94 valence electrons. The molecule has 0 amide bonds. The second-order valence-electron chi connectivity index (χ2n) is 4.64. The molecule has 3 rings (SSSR count). The van der Waals surface area contributed by atoms with Crippen LogP contribution in [0.15, 0.2) is 60.0 Å². The number of hydrogen-bond donors (Lipinski definition) is 0. The van der Waals surface area contributed by atoms with E-state index in [1.807, 2.05) is 60.8 Å². The van der Waals surface area contributed by atoms with Crippen LogP contribution in [0.5, 0.6) is 0 Å². The lowest BCUT2D eigenvalue weighted by Crippen LogP contribution is -2.08. The van der Waals surface area contributed by atoms with E-state index in [9.17, 15) is 4.79 Å². The van der Waals surface area contributed by atoms with E-state index in [-0.39, 0.29) is 11.7 Å². The molecule has 0 saturated heterocycles. The van der Waals surface area contributed by atoms with E-state index < -0.39 is 0 Å². The molecule has 0 radical (unpaired) electrons. The van der Waals surface area contributed by atoms with Crippen molar-refractivity contribution in [3.8, 4) is 0 Å². The van der Waals surface area contributed by atoms with Gasteiger partial charge in [0.25, 0.3) is 0 Å². The number of fused-ring (bicyclic) bond motifs is 1. The maximum atomic E-state index is 12.6. The minimum Gasteiger partial charge on any atom is -0.293 e. The molecule has 0 N–H and O–H groups in total. The third kappa shape index (κ3) is 2.20. The Morgan fingerprint density at radius 3 is 2.47 bits per heavy atom. The summed E-state index contributed by atoms with van der Waals surface area (Å²) < 4.78 is 1.17. The summed E-state index contributed by atoms with van der Waals surface area (Å²) in [7, 11) is 0. The normalized spacial score (nSPS) is 12.5. The Morgan fingerprint density at radius 1 is 1.00 bits per heavy atom. The summed E-state index contributed by atoms with van der Waals surface area (Å²) in [4.78, 5) is 12.6. The molecule has 3 aromatic rings. The number of carbonyl (C=O) groups is 1. The first-order chi connectivity index (χ1) is 9.27. The first kappa shape index (κ1) is 12.1. The summed E-state index contributed by atoms with van der Waals surface area (Å²) in [6.07, 6.45) is 0. The van der Waals surface area contributed by atoms with Crippen molar-refractivity contribution in [3.63, 3.8) is 0 Å². The highest BCUT2D eigenvalue weighted by atomic mass is 32.1. The Bertz CT molecular complexity index is 712. The molecular weight excluding hydrogens is 252 g/mol. The molecule has 1 aromatic heterocycles. The third-order valence-electron chi connectivity index (χ3n) is 3.44. The molecular formula is C17H14OS. The lowest BCUT2D eigenvalue weighted by atomic mass is 9.92. The summed E-state index contributed by atoms with van der Waals surface area (Å²) in [6, 6.07) is 18.0. The van der Waals surface area contributed by atoms with Crippen LogP contribution in [0.4, 0.5) is 0 Å². The van der Waals surface area contributed by atoms with Crippen molar-refractivity contribution in [2.75, 3.05) is 0 Å². The monoisotopic (exact) mass is 266 g/mol. The fourth-order valence-electron chi connectivity index (χ4n) is 2.29. The third-order valence-corrected chi connectivity index (χ3v) is 4.40. The number of ketones is 1. The van der Waals surface area contributed by atoms with Gasteiger partial charge in [-0.3, -0.25) is 4.79 Å². The molecule has 0 bridgehead atoms. The van der Waals surface area contributed by atoms with Gasteiger partial charge in [0.05, 0.1) is 0 Å². The van der Waals surface area contributed by atoms with E-state index in [2.05, 4.69) is 6.07 Å².